The second kappa shape index (κ2) is 6.62. The number of hydrazine groups is 1. The number of carboxylic acid groups (broad SMARTS) is 1. The maximum Gasteiger partial charge on any atom is 0.352 e. The Hall–Kier alpha value is -2.01. The summed E-state index contributed by atoms with van der Waals surface area (Å²) in [6.45, 7) is 1.29. The van der Waals surface area contributed by atoms with E-state index in [2.05, 4.69) is 0 Å². The number of carbonyl (C=O) groups is 3. The van der Waals surface area contributed by atoms with E-state index in [-0.39, 0.29) is 25.0 Å². The van der Waals surface area contributed by atoms with Gasteiger partial charge in [0, 0.05) is 0 Å². The number of amides is 2. The minimum atomic E-state index is -1.23. The predicted octanol–water partition coefficient (Wildman–Crippen LogP) is -2.73. The lowest BCUT2D eigenvalue weighted by Crippen LogP contribution is -2.61. The van der Waals surface area contributed by atoms with Crippen LogP contribution < -0.4 is 17.0 Å². The van der Waals surface area contributed by atoms with Gasteiger partial charge >= 0.3 is 5.97 Å². The summed E-state index contributed by atoms with van der Waals surface area (Å²) >= 11 is 0. The molecule has 23 heavy (non-hydrogen) atoms. The van der Waals surface area contributed by atoms with Gasteiger partial charge in [-0.05, 0) is 18.9 Å². The number of ether oxygens (including phenoxy) is 1. The largest absolute Gasteiger partial charge is 0.477 e. The number of aliphatic carboxylic acids is 1. The Labute approximate surface area is 132 Å². The molecule has 2 rings (SSSR count). The molecule has 2 heterocycles. The number of nitrogens with two attached hydrogens (primary N) is 2. The molecule has 0 saturated carbocycles. The van der Waals surface area contributed by atoms with E-state index in [1.54, 1.807) is 0 Å². The second-order valence-corrected chi connectivity index (χ2v) is 5.63. The minimum Gasteiger partial charge on any atom is -0.477 e. The predicted molar refractivity (Wildman–Crippen MR) is 76.2 cm³/mol. The third kappa shape index (κ3) is 3.06. The lowest BCUT2D eigenvalue weighted by Gasteiger charge is -2.44. The van der Waals surface area contributed by atoms with Gasteiger partial charge in [0.05, 0.1) is 31.3 Å². The van der Waals surface area contributed by atoms with Crippen LogP contribution in [-0.2, 0) is 19.1 Å². The van der Waals surface area contributed by atoms with E-state index in [9.17, 15) is 24.6 Å². The average molecular weight is 328 g/mol. The van der Waals surface area contributed by atoms with Crippen molar-refractivity contribution >= 4 is 17.8 Å². The molecule has 0 bridgehead atoms. The number of nitrogens with zero attached hydrogens (tertiary/aromatic N) is 1. The van der Waals surface area contributed by atoms with Crippen molar-refractivity contribution in [2.75, 3.05) is 13.2 Å². The number of fused-ring (bicyclic) bond motifs is 1. The highest BCUT2D eigenvalue weighted by Gasteiger charge is 2.56. The summed E-state index contributed by atoms with van der Waals surface area (Å²) in [6.07, 6.45) is -0.540. The topological polar surface area (TPSA) is 168 Å². The van der Waals surface area contributed by atoms with Crippen LogP contribution in [0.4, 0.5) is 0 Å². The number of aliphatic hydroxyl groups is 1. The van der Waals surface area contributed by atoms with Crippen molar-refractivity contribution in [1.29, 1.82) is 0 Å². The van der Waals surface area contributed by atoms with Crippen LogP contribution in [0.15, 0.2) is 11.3 Å². The lowest BCUT2D eigenvalue weighted by molar-refractivity contribution is -0.161. The Morgan fingerprint density at radius 2 is 2.17 bits per heavy atom. The van der Waals surface area contributed by atoms with Gasteiger partial charge in [0.1, 0.15) is 11.7 Å². The highest BCUT2D eigenvalue weighted by Crippen LogP contribution is 2.43. The van der Waals surface area contributed by atoms with Gasteiger partial charge < -0.3 is 25.6 Å². The Balaban J connectivity index is 2.02. The van der Waals surface area contributed by atoms with Crippen LogP contribution in [0, 0.1) is 5.92 Å². The zero-order chi connectivity index (χ0) is 17.3. The van der Waals surface area contributed by atoms with Crippen LogP contribution in [0.25, 0.3) is 0 Å². The van der Waals surface area contributed by atoms with Gasteiger partial charge in [-0.15, -0.1) is 0 Å². The summed E-state index contributed by atoms with van der Waals surface area (Å²) in [5.74, 6) is 2.10. The summed E-state index contributed by atoms with van der Waals surface area (Å²) in [7, 11) is 0. The molecule has 1 saturated heterocycles. The molecule has 2 amide bonds. The van der Waals surface area contributed by atoms with Crippen LogP contribution in [-0.4, -0.2) is 64.3 Å². The van der Waals surface area contributed by atoms with E-state index < -0.39 is 35.8 Å². The SMILES string of the molecule is CC(O)C1C(=O)N2C(C(=O)O)=C(COCC(N)C(=O)NN)CC12. The number of carboxylic acids is 1. The molecule has 2 aliphatic rings. The maximum atomic E-state index is 12.0. The molecule has 10 heteroatoms. The van der Waals surface area contributed by atoms with Gasteiger partial charge in [0.15, 0.2) is 0 Å². The molecule has 4 atom stereocenters. The second-order valence-electron chi connectivity index (χ2n) is 5.63. The number of nitrogens with one attached hydrogen (secondary N) is 1. The van der Waals surface area contributed by atoms with E-state index in [1.165, 1.54) is 11.8 Å². The molecule has 0 aromatic heterocycles. The number of hydrogen-bond donors (Lipinski definition) is 5. The molecule has 0 aromatic carbocycles. The van der Waals surface area contributed by atoms with Crippen molar-refractivity contribution in [1.82, 2.24) is 10.3 Å². The Bertz CT molecular complexity index is 561. The lowest BCUT2D eigenvalue weighted by atomic mass is 9.83. The molecule has 1 fully saturated rings. The molecule has 4 unspecified atom stereocenters. The van der Waals surface area contributed by atoms with Crippen molar-refractivity contribution in [3.8, 4) is 0 Å². The standard InChI is InChI=1S/C13H20N4O6/c1-5(18)9-8-2-6(3-23-4-7(14)11(19)16-15)10(13(21)22)17(8)12(9)20/h5,7-9,18H,2-4,14-15H2,1H3,(H,16,19)(H,21,22). The average Bonchev–Trinajstić information content (AvgIpc) is 2.80. The van der Waals surface area contributed by atoms with Crippen molar-refractivity contribution in [3.63, 3.8) is 0 Å². The fourth-order valence-electron chi connectivity index (χ4n) is 2.98. The van der Waals surface area contributed by atoms with E-state index in [0.29, 0.717) is 12.0 Å². The van der Waals surface area contributed by atoms with Gasteiger partial charge in [-0.25, -0.2) is 10.6 Å². The van der Waals surface area contributed by atoms with E-state index >= 15 is 0 Å². The van der Waals surface area contributed by atoms with E-state index in [0.717, 1.165) is 0 Å². The monoisotopic (exact) mass is 328 g/mol. The maximum absolute atomic E-state index is 12.0. The third-order valence-corrected chi connectivity index (χ3v) is 4.08. The Morgan fingerprint density at radius 3 is 2.70 bits per heavy atom. The van der Waals surface area contributed by atoms with Gasteiger partial charge in [-0.1, -0.05) is 0 Å². The fraction of sp³-hybridized carbons (Fsp3) is 0.615. The fourth-order valence-corrected chi connectivity index (χ4v) is 2.98. The third-order valence-electron chi connectivity index (χ3n) is 4.08. The molecule has 2 aliphatic heterocycles. The zero-order valence-corrected chi connectivity index (χ0v) is 12.6. The van der Waals surface area contributed by atoms with Crippen LogP contribution in [0.5, 0.6) is 0 Å². The van der Waals surface area contributed by atoms with Gasteiger partial charge in [-0.3, -0.25) is 15.0 Å². The first-order valence-corrected chi connectivity index (χ1v) is 7.09. The Kier molecular flexibility index (Phi) is 5.00. The molecule has 10 nitrogen and oxygen atoms in total. The molecular weight excluding hydrogens is 308 g/mol. The van der Waals surface area contributed by atoms with Crippen molar-refractivity contribution in [2.24, 2.45) is 17.5 Å². The van der Waals surface area contributed by atoms with Crippen LogP contribution >= 0.6 is 0 Å². The summed E-state index contributed by atoms with van der Waals surface area (Å²) in [5, 5.41) is 18.9. The highest BCUT2D eigenvalue weighted by molar-refractivity contribution is 5.99. The Morgan fingerprint density at radius 1 is 1.52 bits per heavy atom. The molecule has 7 N–H and O–H groups in total. The zero-order valence-electron chi connectivity index (χ0n) is 12.6. The minimum absolute atomic E-state index is 0.0695. The summed E-state index contributed by atoms with van der Waals surface area (Å²) in [4.78, 5) is 35.7. The van der Waals surface area contributed by atoms with Crippen LogP contribution in [0.1, 0.15) is 13.3 Å². The number of hydrogen-bond acceptors (Lipinski definition) is 7. The molecule has 0 radical (unpaired) electrons. The van der Waals surface area contributed by atoms with Crippen molar-refractivity contribution in [2.45, 2.75) is 31.5 Å². The van der Waals surface area contributed by atoms with Gasteiger partial charge in [0.25, 0.3) is 5.91 Å². The molecular formula is C13H20N4O6. The van der Waals surface area contributed by atoms with E-state index in [4.69, 9.17) is 16.3 Å². The number of aliphatic hydroxyl groups excluding tert-OH is 1. The highest BCUT2D eigenvalue weighted by atomic mass is 16.5. The molecule has 0 aliphatic carbocycles. The molecule has 0 spiro atoms. The summed E-state index contributed by atoms with van der Waals surface area (Å²) in [5.41, 5.74) is 7.71. The van der Waals surface area contributed by atoms with Gasteiger partial charge in [0.2, 0.25) is 5.91 Å². The number of carbonyl (C=O) groups excluding carboxylic acids is 2. The first kappa shape index (κ1) is 17.3. The first-order chi connectivity index (χ1) is 10.8. The summed E-state index contributed by atoms with van der Waals surface area (Å²) < 4.78 is 5.28. The smallest absolute Gasteiger partial charge is 0.352 e. The molecule has 128 valence electrons. The summed E-state index contributed by atoms with van der Waals surface area (Å²) in [6, 6.07) is -1.34. The van der Waals surface area contributed by atoms with Gasteiger partial charge in [-0.2, -0.15) is 0 Å². The van der Waals surface area contributed by atoms with Crippen molar-refractivity contribution < 1.29 is 29.3 Å². The van der Waals surface area contributed by atoms with Crippen molar-refractivity contribution in [3.05, 3.63) is 11.3 Å². The first-order valence-electron chi connectivity index (χ1n) is 7.09. The van der Waals surface area contributed by atoms with E-state index in [1.807, 2.05) is 5.43 Å². The number of β-lactam (4-membered cyclic amide) rings is 1. The quantitative estimate of drug-likeness (QED) is 0.145. The van der Waals surface area contributed by atoms with Crippen LogP contribution in [0.2, 0.25) is 0 Å². The molecule has 0 aromatic rings. The van der Waals surface area contributed by atoms with Crippen LogP contribution in [0.3, 0.4) is 0 Å². The normalized spacial score (nSPS) is 25.7. The number of rotatable bonds is 7.